The molecule has 0 heterocycles. The van der Waals surface area contributed by atoms with Crippen LogP contribution in [0, 0.1) is 0 Å². The van der Waals surface area contributed by atoms with E-state index >= 15 is 0 Å². The van der Waals surface area contributed by atoms with E-state index in [1.165, 1.54) is 0 Å². The van der Waals surface area contributed by atoms with Gasteiger partial charge in [-0.25, -0.2) is 4.79 Å². The minimum absolute atomic E-state index is 0.0233. The number of nitrogens with zero attached hydrogens (tertiary/aromatic N) is 1. The van der Waals surface area contributed by atoms with Crippen molar-refractivity contribution in [3.8, 4) is 0 Å². The zero-order valence-corrected chi connectivity index (χ0v) is 20.5. The quantitative estimate of drug-likeness (QED) is 0.0347. The lowest BCUT2D eigenvalue weighted by Gasteiger charge is -2.25. The highest BCUT2D eigenvalue weighted by Crippen LogP contribution is 2.05. The summed E-state index contributed by atoms with van der Waals surface area (Å²) in [7, 11) is 0. The highest BCUT2D eigenvalue weighted by molar-refractivity contribution is 7.80. The van der Waals surface area contributed by atoms with Gasteiger partial charge >= 0.3 is 5.97 Å². The molecular formula is C19H35N9O7S. The fourth-order valence-corrected chi connectivity index (χ4v) is 3.01. The predicted octanol–water partition coefficient (Wildman–Crippen LogP) is -4.63. The lowest BCUT2D eigenvalue weighted by atomic mass is 10.1. The molecular weight excluding hydrogens is 498 g/mol. The van der Waals surface area contributed by atoms with E-state index in [4.69, 9.17) is 33.8 Å². The summed E-state index contributed by atoms with van der Waals surface area (Å²) in [6, 6.07) is -5.07. The molecule has 0 aromatic carbocycles. The van der Waals surface area contributed by atoms with Crippen molar-refractivity contribution in [3.63, 3.8) is 0 Å². The lowest BCUT2D eigenvalue weighted by molar-refractivity contribution is -0.141. The van der Waals surface area contributed by atoms with Gasteiger partial charge in [0.1, 0.15) is 18.1 Å². The van der Waals surface area contributed by atoms with Crippen molar-refractivity contribution in [1.29, 1.82) is 0 Å². The molecule has 0 aliphatic carbocycles. The van der Waals surface area contributed by atoms with Crippen LogP contribution < -0.4 is 44.6 Å². The van der Waals surface area contributed by atoms with Gasteiger partial charge in [-0.05, 0) is 25.7 Å². The molecule has 0 aromatic rings. The molecule has 0 aliphatic rings. The van der Waals surface area contributed by atoms with Crippen LogP contribution in [0.2, 0.25) is 0 Å². The number of hydrogen-bond donors (Lipinski definition) is 10. The zero-order valence-electron chi connectivity index (χ0n) is 19.6. The van der Waals surface area contributed by atoms with Gasteiger partial charge in [0.05, 0.1) is 6.04 Å². The Morgan fingerprint density at radius 1 is 0.750 bits per heavy atom. The van der Waals surface area contributed by atoms with Crippen LogP contribution in [0.15, 0.2) is 4.99 Å². The van der Waals surface area contributed by atoms with Crippen LogP contribution in [-0.2, 0) is 28.8 Å². The minimum atomic E-state index is -1.35. The van der Waals surface area contributed by atoms with Crippen molar-refractivity contribution < 1.29 is 33.9 Å². The summed E-state index contributed by atoms with van der Waals surface area (Å²) in [5, 5.41) is 16.2. The predicted molar refractivity (Wildman–Crippen MR) is 132 cm³/mol. The largest absolute Gasteiger partial charge is 0.480 e. The molecule has 204 valence electrons. The smallest absolute Gasteiger partial charge is 0.327 e. The topological polar surface area (TPSA) is 301 Å². The first-order chi connectivity index (χ1) is 16.8. The second-order valence-electron chi connectivity index (χ2n) is 7.77. The highest BCUT2D eigenvalue weighted by atomic mass is 32.1. The Bertz CT molecular complexity index is 836. The van der Waals surface area contributed by atoms with Crippen LogP contribution in [0.3, 0.4) is 0 Å². The van der Waals surface area contributed by atoms with Gasteiger partial charge in [0.25, 0.3) is 0 Å². The number of nitrogens with two attached hydrogens (primary N) is 5. The molecule has 36 heavy (non-hydrogen) atoms. The first-order valence-corrected chi connectivity index (χ1v) is 11.5. The van der Waals surface area contributed by atoms with Crippen molar-refractivity contribution >= 4 is 54.1 Å². The SMILES string of the molecule is NC(=O)CCC(N)C(=O)NC(CCCN=C(N)N)C(=O)NC(CCC(N)=O)C(=O)NC(CS)C(=O)O. The number of rotatable bonds is 18. The van der Waals surface area contributed by atoms with Gasteiger partial charge < -0.3 is 49.7 Å². The van der Waals surface area contributed by atoms with E-state index in [1.807, 2.05) is 0 Å². The Hall–Kier alpha value is -3.60. The van der Waals surface area contributed by atoms with Crippen LogP contribution in [0.1, 0.15) is 38.5 Å². The fraction of sp³-hybridized carbons (Fsp3) is 0.632. The summed E-state index contributed by atoms with van der Waals surface area (Å²) >= 11 is 3.86. The average molecular weight is 534 g/mol. The van der Waals surface area contributed by atoms with E-state index < -0.39 is 59.7 Å². The van der Waals surface area contributed by atoms with Crippen molar-refractivity contribution in [2.45, 2.75) is 62.7 Å². The molecule has 14 N–H and O–H groups in total. The number of primary amides is 2. The first-order valence-electron chi connectivity index (χ1n) is 10.9. The van der Waals surface area contributed by atoms with Crippen molar-refractivity contribution in [1.82, 2.24) is 16.0 Å². The zero-order chi connectivity index (χ0) is 27.8. The van der Waals surface area contributed by atoms with Crippen molar-refractivity contribution in [3.05, 3.63) is 0 Å². The summed E-state index contributed by atoms with van der Waals surface area (Å²) in [5.74, 6) is -5.64. The molecule has 4 unspecified atom stereocenters. The molecule has 17 heteroatoms. The van der Waals surface area contributed by atoms with E-state index in [0.29, 0.717) is 0 Å². The number of amides is 5. The Kier molecular flexibility index (Phi) is 15.2. The number of guanidine groups is 1. The third-order valence-corrected chi connectivity index (χ3v) is 5.09. The third-order valence-electron chi connectivity index (χ3n) is 4.73. The molecule has 0 saturated carbocycles. The third kappa shape index (κ3) is 14.0. The number of carbonyl (C=O) groups excluding carboxylic acids is 5. The van der Waals surface area contributed by atoms with Gasteiger partial charge in [-0.1, -0.05) is 0 Å². The van der Waals surface area contributed by atoms with E-state index in [1.54, 1.807) is 0 Å². The highest BCUT2D eigenvalue weighted by Gasteiger charge is 2.30. The molecule has 0 aromatic heterocycles. The minimum Gasteiger partial charge on any atom is -0.480 e. The van der Waals surface area contributed by atoms with Crippen LogP contribution in [-0.4, -0.2) is 83.0 Å². The number of hydrogen-bond acceptors (Lipinski definition) is 9. The molecule has 0 rings (SSSR count). The number of aliphatic carboxylic acids is 1. The van der Waals surface area contributed by atoms with Gasteiger partial charge in [-0.3, -0.25) is 29.0 Å². The fourth-order valence-electron chi connectivity index (χ4n) is 2.77. The Morgan fingerprint density at radius 2 is 1.22 bits per heavy atom. The summed E-state index contributed by atoms with van der Waals surface area (Å²) in [6.07, 6.45) is -0.481. The van der Waals surface area contributed by atoms with Crippen LogP contribution in [0.25, 0.3) is 0 Å². The summed E-state index contributed by atoms with van der Waals surface area (Å²) in [6.45, 7) is 0.129. The maximum absolute atomic E-state index is 13.0. The number of aliphatic imine (C=N–C) groups is 1. The average Bonchev–Trinajstić information content (AvgIpc) is 2.79. The van der Waals surface area contributed by atoms with Crippen molar-refractivity contribution in [2.24, 2.45) is 33.7 Å². The summed E-state index contributed by atoms with van der Waals surface area (Å²) < 4.78 is 0. The first kappa shape index (κ1) is 32.4. The molecule has 0 saturated heterocycles. The second-order valence-corrected chi connectivity index (χ2v) is 8.13. The number of nitrogens with one attached hydrogen (secondary N) is 3. The van der Waals surface area contributed by atoms with E-state index in [-0.39, 0.29) is 56.8 Å². The Balaban J connectivity index is 5.59. The van der Waals surface area contributed by atoms with Gasteiger partial charge in [0.2, 0.25) is 29.5 Å². The van der Waals surface area contributed by atoms with Crippen LogP contribution in [0.5, 0.6) is 0 Å². The molecule has 4 atom stereocenters. The molecule has 5 amide bonds. The standard InChI is InChI=1S/C19H35N9O7S/c20-9(3-5-13(21)29)15(31)26-10(2-1-7-25-19(23)24)16(32)27-11(4-6-14(22)30)17(33)28-12(8-36)18(34)35/h9-12,36H,1-8,20H2,(H2,21,29)(H2,22,30)(H,26,31)(H,27,32)(H,28,33)(H,34,35)(H4,23,24,25). The Labute approximate surface area is 212 Å². The molecule has 0 bridgehead atoms. The number of carboxylic acids is 1. The van der Waals surface area contributed by atoms with Gasteiger partial charge in [-0.15, -0.1) is 0 Å². The van der Waals surface area contributed by atoms with E-state index in [2.05, 4.69) is 33.6 Å². The molecule has 0 spiro atoms. The second kappa shape index (κ2) is 16.9. The monoisotopic (exact) mass is 533 g/mol. The van der Waals surface area contributed by atoms with E-state index in [0.717, 1.165) is 0 Å². The number of carbonyl (C=O) groups is 6. The maximum Gasteiger partial charge on any atom is 0.327 e. The molecule has 0 fully saturated rings. The van der Waals surface area contributed by atoms with Crippen LogP contribution in [0.4, 0.5) is 0 Å². The van der Waals surface area contributed by atoms with Crippen molar-refractivity contribution in [2.75, 3.05) is 12.3 Å². The lowest BCUT2D eigenvalue weighted by Crippen LogP contribution is -2.57. The van der Waals surface area contributed by atoms with Gasteiger partial charge in [0.15, 0.2) is 5.96 Å². The summed E-state index contributed by atoms with van der Waals surface area (Å²) in [4.78, 5) is 75.3. The van der Waals surface area contributed by atoms with Gasteiger partial charge in [-0.2, -0.15) is 12.6 Å². The Morgan fingerprint density at radius 3 is 1.69 bits per heavy atom. The normalized spacial score (nSPS) is 13.8. The number of carboxylic acid groups (broad SMARTS) is 1. The van der Waals surface area contributed by atoms with E-state index in [9.17, 15) is 28.8 Å². The molecule has 0 radical (unpaired) electrons. The van der Waals surface area contributed by atoms with Gasteiger partial charge in [0, 0.05) is 25.1 Å². The molecule has 16 nitrogen and oxygen atoms in total. The number of thiol groups is 1. The molecule has 0 aliphatic heterocycles. The summed E-state index contributed by atoms with van der Waals surface area (Å²) in [5.41, 5.74) is 26.5. The maximum atomic E-state index is 13.0. The van der Waals surface area contributed by atoms with Crippen LogP contribution >= 0.6 is 12.6 Å².